The van der Waals surface area contributed by atoms with Gasteiger partial charge in [0.2, 0.25) is 0 Å². The zero-order chi connectivity index (χ0) is 17.3. The maximum Gasteiger partial charge on any atom is 0.365 e. The lowest BCUT2D eigenvalue weighted by molar-refractivity contribution is -0.632. The lowest BCUT2D eigenvalue weighted by atomic mass is 10.1. The van der Waals surface area contributed by atoms with E-state index in [0.717, 1.165) is 12.8 Å². The molecule has 0 radical (unpaired) electrons. The molecule has 0 N–H and O–H groups in total. The minimum atomic E-state index is -0.336. The molecule has 2 heterocycles. The third-order valence-electron chi connectivity index (χ3n) is 3.95. The molecular formula is C18H18ClN3O2. The van der Waals surface area contributed by atoms with Crippen LogP contribution in [0.2, 0.25) is 5.02 Å². The summed E-state index contributed by atoms with van der Waals surface area (Å²) in [5, 5.41) is 17.9. The smallest absolute Gasteiger partial charge is 0.365 e. The van der Waals surface area contributed by atoms with E-state index < -0.39 is 0 Å². The van der Waals surface area contributed by atoms with E-state index in [4.69, 9.17) is 11.6 Å². The second-order valence-corrected chi connectivity index (χ2v) is 6.19. The van der Waals surface area contributed by atoms with E-state index in [9.17, 15) is 9.90 Å². The van der Waals surface area contributed by atoms with Crippen LogP contribution in [0.15, 0.2) is 41.2 Å². The Kier molecular flexibility index (Phi) is 4.53. The van der Waals surface area contributed by atoms with Crippen LogP contribution in [0.25, 0.3) is 11.3 Å². The first-order valence-corrected chi connectivity index (χ1v) is 8.31. The van der Waals surface area contributed by atoms with Gasteiger partial charge in [0.15, 0.2) is 0 Å². The van der Waals surface area contributed by atoms with Crippen molar-refractivity contribution in [3.63, 3.8) is 0 Å². The molecule has 0 fully saturated rings. The highest BCUT2D eigenvalue weighted by molar-refractivity contribution is 6.30. The number of rotatable bonds is 4. The standard InChI is InChI=1S/C18H18ClN3O2/c1-3-4-5-15-17(23)21(14-9-7-13(19)8-10-14)16-11-6-12(2)20-22(16)18(15)24/h6-11H,3-5H2,1-2H3. The molecule has 24 heavy (non-hydrogen) atoms. The largest absolute Gasteiger partial charge is 0.842 e. The van der Waals surface area contributed by atoms with Crippen molar-refractivity contribution in [3.05, 3.63) is 63.0 Å². The van der Waals surface area contributed by atoms with E-state index >= 15 is 0 Å². The molecule has 0 amide bonds. The monoisotopic (exact) mass is 343 g/mol. The summed E-state index contributed by atoms with van der Waals surface area (Å²) >= 11 is 5.95. The number of hydrogen-bond acceptors (Lipinski definition) is 3. The average molecular weight is 344 g/mol. The van der Waals surface area contributed by atoms with Crippen LogP contribution in [0, 0.1) is 6.92 Å². The van der Waals surface area contributed by atoms with E-state index in [1.807, 2.05) is 13.8 Å². The predicted octanol–water partition coefficient (Wildman–Crippen LogP) is 2.35. The number of halogens is 1. The Hall–Kier alpha value is -2.40. The van der Waals surface area contributed by atoms with Crippen LogP contribution in [-0.4, -0.2) is 9.61 Å². The highest BCUT2D eigenvalue weighted by Gasteiger charge is 2.21. The summed E-state index contributed by atoms with van der Waals surface area (Å²) in [5.41, 5.74) is 1.75. The zero-order valence-electron chi connectivity index (χ0n) is 13.6. The Labute approximate surface area is 144 Å². The molecule has 3 aromatic rings. The molecule has 1 aromatic carbocycles. The molecule has 124 valence electrons. The van der Waals surface area contributed by atoms with Crippen molar-refractivity contribution in [1.29, 1.82) is 0 Å². The van der Waals surface area contributed by atoms with Crippen molar-refractivity contribution < 1.29 is 9.67 Å². The summed E-state index contributed by atoms with van der Waals surface area (Å²) in [6.45, 7) is 3.84. The molecule has 6 heteroatoms. The SMILES string of the molecule is CCCCc1c([O-])[n+](-c2ccc(Cl)cc2)c2ccc(C)nn2c1=O. The molecule has 0 spiro atoms. The van der Waals surface area contributed by atoms with Crippen molar-refractivity contribution in [2.45, 2.75) is 33.1 Å². The minimum absolute atomic E-state index is 0.266. The lowest BCUT2D eigenvalue weighted by Gasteiger charge is -2.16. The van der Waals surface area contributed by atoms with Gasteiger partial charge in [-0.1, -0.05) is 34.6 Å². The number of aryl methyl sites for hydroxylation is 1. The summed E-state index contributed by atoms with van der Waals surface area (Å²) in [4.78, 5) is 12.7. The van der Waals surface area contributed by atoms with Gasteiger partial charge < -0.3 is 5.11 Å². The Bertz CT molecular complexity index is 949. The van der Waals surface area contributed by atoms with E-state index in [2.05, 4.69) is 5.10 Å². The van der Waals surface area contributed by atoms with Crippen molar-refractivity contribution in [1.82, 2.24) is 9.61 Å². The summed E-state index contributed by atoms with van der Waals surface area (Å²) in [6, 6.07) is 10.5. The van der Waals surface area contributed by atoms with Gasteiger partial charge in [0.05, 0.1) is 17.1 Å². The van der Waals surface area contributed by atoms with Gasteiger partial charge in [-0.05, 0) is 50.1 Å². The third-order valence-corrected chi connectivity index (χ3v) is 4.21. The molecular weight excluding hydrogens is 326 g/mol. The minimum Gasteiger partial charge on any atom is -0.842 e. The molecule has 5 nitrogen and oxygen atoms in total. The average Bonchev–Trinajstić information content (AvgIpc) is 2.57. The quantitative estimate of drug-likeness (QED) is 0.683. The topological polar surface area (TPSA) is 61.3 Å². The second-order valence-electron chi connectivity index (χ2n) is 5.75. The van der Waals surface area contributed by atoms with Crippen molar-refractivity contribution in [2.24, 2.45) is 0 Å². The van der Waals surface area contributed by atoms with Gasteiger partial charge in [-0.15, -0.1) is 0 Å². The molecule has 0 atom stereocenters. The van der Waals surface area contributed by atoms with Gasteiger partial charge in [-0.25, -0.2) is 9.36 Å². The van der Waals surface area contributed by atoms with Crippen LogP contribution >= 0.6 is 11.6 Å². The maximum absolute atomic E-state index is 13.0. The fraction of sp³-hybridized carbons (Fsp3) is 0.278. The molecule has 0 unspecified atom stereocenters. The molecule has 0 aliphatic carbocycles. The van der Waals surface area contributed by atoms with Gasteiger partial charge in [-0.2, -0.15) is 0 Å². The first-order valence-electron chi connectivity index (χ1n) is 7.93. The molecule has 2 aromatic heterocycles. The normalized spacial score (nSPS) is 11.1. The van der Waals surface area contributed by atoms with Crippen LogP contribution in [0.1, 0.15) is 31.0 Å². The van der Waals surface area contributed by atoms with Crippen molar-refractivity contribution in [2.75, 3.05) is 0 Å². The van der Waals surface area contributed by atoms with Crippen molar-refractivity contribution >= 4 is 17.2 Å². The zero-order valence-corrected chi connectivity index (χ0v) is 14.4. The van der Waals surface area contributed by atoms with Crippen LogP contribution < -0.4 is 15.2 Å². The third kappa shape index (κ3) is 2.87. The van der Waals surface area contributed by atoms with Crippen LogP contribution in [0.5, 0.6) is 5.88 Å². The molecule has 0 aliphatic heterocycles. The number of nitrogens with zero attached hydrogens (tertiary/aromatic N) is 3. The predicted molar refractivity (Wildman–Crippen MR) is 90.8 cm³/mol. The van der Waals surface area contributed by atoms with E-state index in [0.29, 0.717) is 28.5 Å². The van der Waals surface area contributed by atoms with Gasteiger partial charge in [0.1, 0.15) is 5.69 Å². The van der Waals surface area contributed by atoms with Crippen LogP contribution in [-0.2, 0) is 6.42 Å². The number of fused-ring (bicyclic) bond motifs is 1. The summed E-state index contributed by atoms with van der Waals surface area (Å²) < 4.78 is 2.84. The fourth-order valence-electron chi connectivity index (χ4n) is 2.69. The molecule has 0 saturated carbocycles. The summed E-state index contributed by atoms with van der Waals surface area (Å²) in [5.74, 6) is -0.290. The lowest BCUT2D eigenvalue weighted by Crippen LogP contribution is -2.43. The van der Waals surface area contributed by atoms with E-state index in [1.165, 1.54) is 9.08 Å². The Morgan fingerprint density at radius 3 is 2.58 bits per heavy atom. The number of hydrogen-bond donors (Lipinski definition) is 0. The van der Waals surface area contributed by atoms with Crippen LogP contribution in [0.4, 0.5) is 0 Å². The van der Waals surface area contributed by atoms with Crippen LogP contribution in [0.3, 0.4) is 0 Å². The number of unbranched alkanes of at least 4 members (excludes halogenated alkanes) is 1. The molecule has 0 aliphatic rings. The second kappa shape index (κ2) is 6.61. The molecule has 0 bridgehead atoms. The van der Waals surface area contributed by atoms with Crippen molar-refractivity contribution in [3.8, 4) is 11.6 Å². The van der Waals surface area contributed by atoms with E-state index in [1.54, 1.807) is 36.4 Å². The summed E-state index contributed by atoms with van der Waals surface area (Å²) in [7, 11) is 0. The Balaban J connectivity index is 2.37. The maximum atomic E-state index is 13.0. The highest BCUT2D eigenvalue weighted by atomic mass is 35.5. The Morgan fingerprint density at radius 1 is 1.21 bits per heavy atom. The Morgan fingerprint density at radius 2 is 1.92 bits per heavy atom. The highest BCUT2D eigenvalue weighted by Crippen LogP contribution is 2.15. The first kappa shape index (κ1) is 16.5. The number of aromatic nitrogens is 3. The first-order chi connectivity index (χ1) is 11.5. The van der Waals surface area contributed by atoms with Gasteiger partial charge >= 0.3 is 11.2 Å². The van der Waals surface area contributed by atoms with E-state index in [-0.39, 0.29) is 17.0 Å². The van der Waals surface area contributed by atoms with Gasteiger partial charge in [0.25, 0.3) is 0 Å². The molecule has 0 saturated heterocycles. The fourth-order valence-corrected chi connectivity index (χ4v) is 2.82. The number of benzene rings is 1. The van der Waals surface area contributed by atoms with Gasteiger partial charge in [-0.3, -0.25) is 0 Å². The van der Waals surface area contributed by atoms with Gasteiger partial charge in [0, 0.05) is 11.1 Å². The molecule has 3 rings (SSSR count). The summed E-state index contributed by atoms with van der Waals surface area (Å²) in [6.07, 6.45) is 2.13.